The average Bonchev–Trinajstić information content (AvgIpc) is 2.86. The average molecular weight is 248 g/mol. The van der Waals surface area contributed by atoms with E-state index in [4.69, 9.17) is 0 Å². The Bertz CT molecular complexity index is 306. The van der Waals surface area contributed by atoms with E-state index in [1.54, 1.807) is 18.3 Å². The van der Waals surface area contributed by atoms with Crippen molar-refractivity contribution in [3.05, 3.63) is 28.5 Å². The Hall–Kier alpha value is -0.510. The highest BCUT2D eigenvalue weighted by molar-refractivity contribution is 9.10. The van der Waals surface area contributed by atoms with Crippen LogP contribution in [0.4, 0.5) is 8.78 Å². The van der Waals surface area contributed by atoms with Crippen molar-refractivity contribution in [3.8, 4) is 0 Å². The van der Waals surface area contributed by atoms with E-state index < -0.39 is 11.8 Å². The molecule has 1 fully saturated rings. The van der Waals surface area contributed by atoms with Crippen molar-refractivity contribution < 1.29 is 8.78 Å². The minimum atomic E-state index is -2.29. The van der Waals surface area contributed by atoms with E-state index in [0.29, 0.717) is 18.5 Å². The molecule has 0 radical (unpaired) electrons. The van der Waals surface area contributed by atoms with Gasteiger partial charge in [-0.25, -0.2) is 8.78 Å². The zero-order valence-electron chi connectivity index (χ0n) is 6.80. The molecular weight excluding hydrogens is 240 g/mol. The van der Waals surface area contributed by atoms with Gasteiger partial charge in [0.25, 0.3) is 0 Å². The normalized spacial score (nSPS) is 19.1. The topological polar surface area (TPSA) is 12.9 Å². The molecule has 0 aliphatic heterocycles. The first-order valence-corrected chi connectivity index (χ1v) is 4.85. The van der Waals surface area contributed by atoms with E-state index in [-0.39, 0.29) is 0 Å². The highest BCUT2D eigenvalue weighted by Gasteiger charge is 2.53. The second-order valence-electron chi connectivity index (χ2n) is 3.32. The van der Waals surface area contributed by atoms with Crippen LogP contribution in [0.25, 0.3) is 0 Å². The fourth-order valence-electron chi connectivity index (χ4n) is 1.39. The van der Waals surface area contributed by atoms with Gasteiger partial charge in [-0.3, -0.25) is 4.98 Å². The molecule has 0 atom stereocenters. The zero-order valence-corrected chi connectivity index (χ0v) is 8.39. The van der Waals surface area contributed by atoms with Crippen LogP contribution in [0.15, 0.2) is 22.8 Å². The number of hydrogen-bond donors (Lipinski definition) is 0. The summed E-state index contributed by atoms with van der Waals surface area (Å²) in [5.74, 6) is 0. The first-order valence-electron chi connectivity index (χ1n) is 4.05. The van der Waals surface area contributed by atoms with Crippen molar-refractivity contribution in [2.75, 3.05) is 0 Å². The van der Waals surface area contributed by atoms with Crippen molar-refractivity contribution in [2.45, 2.75) is 24.7 Å². The van der Waals surface area contributed by atoms with Crippen LogP contribution in [0.1, 0.15) is 18.5 Å². The van der Waals surface area contributed by atoms with Gasteiger partial charge in [0, 0.05) is 10.7 Å². The number of aromatic nitrogens is 1. The fourth-order valence-corrected chi connectivity index (χ4v) is 1.63. The van der Waals surface area contributed by atoms with Gasteiger partial charge in [-0.2, -0.15) is 0 Å². The van der Waals surface area contributed by atoms with E-state index in [9.17, 15) is 8.78 Å². The van der Waals surface area contributed by atoms with Crippen molar-refractivity contribution in [2.24, 2.45) is 0 Å². The predicted octanol–water partition coefficient (Wildman–Crippen LogP) is 3.14. The van der Waals surface area contributed by atoms with E-state index in [1.807, 2.05) is 0 Å². The summed E-state index contributed by atoms with van der Waals surface area (Å²) >= 11 is 3.22. The first-order chi connectivity index (χ1) is 6.15. The van der Waals surface area contributed by atoms with Gasteiger partial charge >= 0.3 is 0 Å². The summed E-state index contributed by atoms with van der Waals surface area (Å²) in [6.07, 6.45) is 0.386. The van der Waals surface area contributed by atoms with Gasteiger partial charge in [-0.05, 0) is 40.9 Å². The monoisotopic (exact) mass is 247 g/mol. The van der Waals surface area contributed by atoms with Crippen LogP contribution >= 0.6 is 15.9 Å². The lowest BCUT2D eigenvalue weighted by atomic mass is 10.0. The van der Waals surface area contributed by atoms with E-state index in [2.05, 4.69) is 20.9 Å². The van der Waals surface area contributed by atoms with Crippen molar-refractivity contribution in [1.29, 1.82) is 0 Å². The second kappa shape index (κ2) is 3.01. The van der Waals surface area contributed by atoms with Gasteiger partial charge < -0.3 is 0 Å². The van der Waals surface area contributed by atoms with Crippen LogP contribution in [0, 0.1) is 0 Å². The van der Waals surface area contributed by atoms with Gasteiger partial charge in [0.15, 0.2) is 0 Å². The molecule has 0 N–H and O–H groups in total. The zero-order chi connectivity index (χ0) is 9.47. The van der Waals surface area contributed by atoms with Crippen LogP contribution in [-0.2, 0) is 5.41 Å². The summed E-state index contributed by atoms with van der Waals surface area (Å²) in [6.45, 7) is 0. The molecule has 1 heterocycles. The number of alkyl halides is 2. The number of nitrogens with zero attached hydrogens (tertiary/aromatic N) is 1. The molecule has 4 heteroatoms. The lowest BCUT2D eigenvalue weighted by Gasteiger charge is -2.12. The van der Waals surface area contributed by atoms with Gasteiger partial charge in [0.2, 0.25) is 6.43 Å². The van der Waals surface area contributed by atoms with Gasteiger partial charge in [0.05, 0.1) is 11.1 Å². The minimum absolute atomic E-state index is 0.519. The van der Waals surface area contributed by atoms with Crippen LogP contribution in [0.5, 0.6) is 0 Å². The molecule has 1 aliphatic rings. The molecule has 0 amide bonds. The smallest absolute Gasteiger partial charge is 0.249 e. The van der Waals surface area contributed by atoms with Crippen molar-refractivity contribution in [3.63, 3.8) is 0 Å². The van der Waals surface area contributed by atoms with E-state index in [1.165, 1.54) is 0 Å². The Morgan fingerprint density at radius 2 is 2.08 bits per heavy atom. The molecule has 1 nitrogen and oxygen atoms in total. The maximum atomic E-state index is 12.6. The van der Waals surface area contributed by atoms with Gasteiger partial charge in [0.1, 0.15) is 0 Å². The summed E-state index contributed by atoms with van der Waals surface area (Å²) in [6, 6.07) is 3.42. The molecule has 1 aromatic heterocycles. The third-order valence-corrected chi connectivity index (χ3v) is 2.91. The Morgan fingerprint density at radius 1 is 1.38 bits per heavy atom. The van der Waals surface area contributed by atoms with Crippen molar-refractivity contribution in [1.82, 2.24) is 4.98 Å². The number of pyridine rings is 1. The molecular formula is C9H8BrF2N. The summed E-state index contributed by atoms with van der Waals surface area (Å²) in [4.78, 5) is 4.01. The Morgan fingerprint density at radius 3 is 2.46 bits per heavy atom. The summed E-state index contributed by atoms with van der Waals surface area (Å²) < 4.78 is 26.0. The molecule has 0 unspecified atom stereocenters. The van der Waals surface area contributed by atoms with Crippen LogP contribution in [0.2, 0.25) is 0 Å². The fraction of sp³-hybridized carbons (Fsp3) is 0.444. The highest BCUT2D eigenvalue weighted by atomic mass is 79.9. The van der Waals surface area contributed by atoms with Gasteiger partial charge in [-0.1, -0.05) is 0 Å². The quantitative estimate of drug-likeness (QED) is 0.783. The maximum Gasteiger partial charge on any atom is 0.249 e. The van der Waals surface area contributed by atoms with Crippen molar-refractivity contribution >= 4 is 15.9 Å². The molecule has 70 valence electrons. The molecule has 0 bridgehead atoms. The number of halogens is 3. The molecule has 1 aliphatic carbocycles. The number of hydrogen-bond acceptors (Lipinski definition) is 1. The molecule has 2 rings (SSSR count). The molecule has 13 heavy (non-hydrogen) atoms. The lowest BCUT2D eigenvalue weighted by molar-refractivity contribution is 0.0998. The largest absolute Gasteiger partial charge is 0.259 e. The molecule has 1 aromatic rings. The Balaban J connectivity index is 2.31. The maximum absolute atomic E-state index is 12.6. The third-order valence-electron chi connectivity index (χ3n) is 2.44. The van der Waals surface area contributed by atoms with Gasteiger partial charge in [-0.15, -0.1) is 0 Å². The second-order valence-corrected chi connectivity index (χ2v) is 4.23. The SMILES string of the molecule is FC(F)C1(c2ccc(Br)cn2)CC1. The molecule has 0 spiro atoms. The van der Waals surface area contributed by atoms with E-state index in [0.717, 1.165) is 4.47 Å². The first kappa shape index (κ1) is 9.06. The summed E-state index contributed by atoms with van der Waals surface area (Å²) in [5.41, 5.74) is -0.411. The highest BCUT2D eigenvalue weighted by Crippen LogP contribution is 2.51. The number of rotatable bonds is 2. The lowest BCUT2D eigenvalue weighted by Crippen LogP contribution is -2.18. The summed E-state index contributed by atoms with van der Waals surface area (Å²) in [5, 5.41) is 0. The predicted molar refractivity (Wildman–Crippen MR) is 48.9 cm³/mol. The Labute approximate surface area is 83.3 Å². The third kappa shape index (κ3) is 1.47. The molecule has 0 aromatic carbocycles. The van der Waals surface area contributed by atoms with Crippen LogP contribution in [0.3, 0.4) is 0 Å². The van der Waals surface area contributed by atoms with Crippen LogP contribution in [-0.4, -0.2) is 11.4 Å². The Kier molecular flexibility index (Phi) is 2.10. The summed E-state index contributed by atoms with van der Waals surface area (Å²) in [7, 11) is 0. The standard InChI is InChI=1S/C9H8BrF2N/c10-6-1-2-7(13-5-6)9(3-4-9)8(11)12/h1-2,5,8H,3-4H2. The minimum Gasteiger partial charge on any atom is -0.259 e. The van der Waals surface area contributed by atoms with Crippen LogP contribution < -0.4 is 0 Å². The molecule has 1 saturated carbocycles. The molecule has 0 saturated heterocycles. The van der Waals surface area contributed by atoms with E-state index >= 15 is 0 Å².